The second-order valence-electron chi connectivity index (χ2n) is 6.76. The minimum absolute atomic E-state index is 0.0575. The lowest BCUT2D eigenvalue weighted by Gasteiger charge is -2.35. The molecule has 2 atom stereocenters. The fourth-order valence-electron chi connectivity index (χ4n) is 3.11. The van der Waals surface area contributed by atoms with E-state index in [1.807, 2.05) is 47.4 Å². The third-order valence-electron chi connectivity index (χ3n) is 4.30. The maximum atomic E-state index is 12.4. The highest BCUT2D eigenvalue weighted by Crippen LogP contribution is 2.15. The Hall–Kier alpha value is -2.66. The van der Waals surface area contributed by atoms with Crippen molar-refractivity contribution in [2.75, 3.05) is 13.1 Å². The first-order valence-electron chi connectivity index (χ1n) is 8.95. The highest BCUT2D eigenvalue weighted by molar-refractivity contribution is 5.91. The zero-order chi connectivity index (χ0) is 18.4. The zero-order valence-corrected chi connectivity index (χ0v) is 15.3. The van der Waals surface area contributed by atoms with Crippen LogP contribution in [0, 0.1) is 0 Å². The van der Waals surface area contributed by atoms with Crippen molar-refractivity contribution in [3.05, 3.63) is 66.0 Å². The Morgan fingerprint density at radius 3 is 2.62 bits per heavy atom. The van der Waals surface area contributed by atoms with Crippen molar-refractivity contribution in [2.45, 2.75) is 32.5 Å². The highest BCUT2D eigenvalue weighted by Gasteiger charge is 2.23. The summed E-state index contributed by atoms with van der Waals surface area (Å²) in [7, 11) is 0. The molecule has 1 amide bonds. The van der Waals surface area contributed by atoms with E-state index in [0.717, 1.165) is 30.0 Å². The SMILES string of the molecule is CC1CN(C(=O)/C=C/c2ccc(OCc3cccnc3)cc2)CC(C)N1. The molecule has 2 aromatic rings. The monoisotopic (exact) mass is 351 g/mol. The van der Waals surface area contributed by atoms with Gasteiger partial charge in [-0.15, -0.1) is 0 Å². The second kappa shape index (κ2) is 8.63. The smallest absolute Gasteiger partial charge is 0.246 e. The number of rotatable bonds is 5. The van der Waals surface area contributed by atoms with Gasteiger partial charge in [-0.05, 0) is 43.7 Å². The minimum Gasteiger partial charge on any atom is -0.489 e. The first-order chi connectivity index (χ1) is 12.6. The topological polar surface area (TPSA) is 54.5 Å². The van der Waals surface area contributed by atoms with Gasteiger partial charge in [-0.1, -0.05) is 18.2 Å². The number of aromatic nitrogens is 1. The molecule has 0 aliphatic carbocycles. The van der Waals surface area contributed by atoms with E-state index in [4.69, 9.17) is 4.74 Å². The molecule has 5 heteroatoms. The Labute approximate surface area is 154 Å². The third-order valence-corrected chi connectivity index (χ3v) is 4.30. The molecule has 0 radical (unpaired) electrons. The molecular formula is C21H25N3O2. The molecule has 1 saturated heterocycles. The molecule has 0 saturated carbocycles. The number of ether oxygens (including phenoxy) is 1. The summed E-state index contributed by atoms with van der Waals surface area (Å²) in [6.07, 6.45) is 7.04. The van der Waals surface area contributed by atoms with E-state index in [2.05, 4.69) is 24.1 Å². The quantitative estimate of drug-likeness (QED) is 0.842. The van der Waals surface area contributed by atoms with Gasteiger partial charge in [0, 0.05) is 49.2 Å². The third kappa shape index (κ3) is 5.17. The summed E-state index contributed by atoms with van der Waals surface area (Å²) in [5.74, 6) is 0.851. The Morgan fingerprint density at radius 2 is 1.96 bits per heavy atom. The van der Waals surface area contributed by atoms with Gasteiger partial charge in [-0.3, -0.25) is 9.78 Å². The van der Waals surface area contributed by atoms with E-state index >= 15 is 0 Å². The van der Waals surface area contributed by atoms with Gasteiger partial charge in [0.1, 0.15) is 12.4 Å². The van der Waals surface area contributed by atoms with Crippen LogP contribution in [0.3, 0.4) is 0 Å². The summed E-state index contributed by atoms with van der Waals surface area (Å²) >= 11 is 0. The van der Waals surface area contributed by atoms with Crippen molar-refractivity contribution in [1.82, 2.24) is 15.2 Å². The molecule has 1 N–H and O–H groups in total. The van der Waals surface area contributed by atoms with Gasteiger partial charge >= 0.3 is 0 Å². The average Bonchev–Trinajstić information content (AvgIpc) is 2.65. The van der Waals surface area contributed by atoms with Gasteiger partial charge in [0.25, 0.3) is 0 Å². The van der Waals surface area contributed by atoms with E-state index in [1.54, 1.807) is 18.5 Å². The van der Waals surface area contributed by atoms with Crippen LogP contribution >= 0.6 is 0 Å². The van der Waals surface area contributed by atoms with Gasteiger partial charge in [0.2, 0.25) is 5.91 Å². The number of piperazine rings is 1. The second-order valence-corrected chi connectivity index (χ2v) is 6.76. The molecule has 1 aromatic carbocycles. The molecule has 1 aliphatic rings. The summed E-state index contributed by atoms with van der Waals surface area (Å²) < 4.78 is 5.75. The number of carbonyl (C=O) groups excluding carboxylic acids is 1. The predicted molar refractivity (Wildman–Crippen MR) is 103 cm³/mol. The van der Waals surface area contributed by atoms with Crippen LogP contribution in [0.5, 0.6) is 5.75 Å². The molecule has 2 unspecified atom stereocenters. The number of benzene rings is 1. The van der Waals surface area contributed by atoms with Crippen LogP contribution in [0.1, 0.15) is 25.0 Å². The predicted octanol–water partition coefficient (Wildman–Crippen LogP) is 2.88. The van der Waals surface area contributed by atoms with Crippen LogP contribution < -0.4 is 10.1 Å². The molecule has 3 rings (SSSR count). The Bertz CT molecular complexity index is 734. The van der Waals surface area contributed by atoms with Gasteiger partial charge < -0.3 is 15.0 Å². The molecule has 26 heavy (non-hydrogen) atoms. The van der Waals surface area contributed by atoms with Crippen LogP contribution in [0.2, 0.25) is 0 Å². The molecular weight excluding hydrogens is 326 g/mol. The molecule has 1 aromatic heterocycles. The largest absolute Gasteiger partial charge is 0.489 e. The zero-order valence-electron chi connectivity index (χ0n) is 15.3. The van der Waals surface area contributed by atoms with Gasteiger partial charge in [-0.2, -0.15) is 0 Å². The normalized spacial score (nSPS) is 20.3. The lowest BCUT2D eigenvalue weighted by atomic mass is 10.1. The van der Waals surface area contributed by atoms with Crippen LogP contribution in [-0.2, 0) is 11.4 Å². The molecule has 136 valence electrons. The fourth-order valence-corrected chi connectivity index (χ4v) is 3.11. The Balaban J connectivity index is 1.53. The lowest BCUT2D eigenvalue weighted by molar-refractivity contribution is -0.127. The maximum absolute atomic E-state index is 12.4. The molecule has 1 aliphatic heterocycles. The number of nitrogens with zero attached hydrogens (tertiary/aromatic N) is 2. The van der Waals surface area contributed by atoms with E-state index < -0.39 is 0 Å². The molecule has 0 bridgehead atoms. The van der Waals surface area contributed by atoms with Crippen LogP contribution in [0.4, 0.5) is 0 Å². The number of carbonyl (C=O) groups is 1. The van der Waals surface area contributed by atoms with Crippen LogP contribution in [-0.4, -0.2) is 41.0 Å². The standard InChI is InChI=1S/C21H25N3O2/c1-16-13-24(14-17(2)23-16)21(25)10-7-18-5-8-20(9-6-18)26-15-19-4-3-11-22-12-19/h3-12,16-17,23H,13-15H2,1-2H3/b10-7+. The van der Waals surface area contributed by atoms with Gasteiger partial charge in [0.05, 0.1) is 0 Å². The first-order valence-corrected chi connectivity index (χ1v) is 8.95. The van der Waals surface area contributed by atoms with Gasteiger partial charge in [-0.25, -0.2) is 0 Å². The number of hydrogen-bond acceptors (Lipinski definition) is 4. The minimum atomic E-state index is 0.0575. The van der Waals surface area contributed by atoms with Crippen LogP contribution in [0.25, 0.3) is 6.08 Å². The first kappa shape index (κ1) is 18.1. The van der Waals surface area contributed by atoms with Crippen molar-refractivity contribution in [1.29, 1.82) is 0 Å². The summed E-state index contributed by atoms with van der Waals surface area (Å²) in [4.78, 5) is 18.3. The fraction of sp³-hybridized carbons (Fsp3) is 0.333. The molecule has 0 spiro atoms. The van der Waals surface area contributed by atoms with Gasteiger partial charge in [0.15, 0.2) is 0 Å². The summed E-state index contributed by atoms with van der Waals surface area (Å²) in [5, 5.41) is 3.43. The summed E-state index contributed by atoms with van der Waals surface area (Å²) in [6.45, 7) is 6.18. The van der Waals surface area contributed by atoms with Crippen molar-refractivity contribution >= 4 is 12.0 Å². The number of nitrogens with one attached hydrogen (secondary N) is 1. The summed E-state index contributed by atoms with van der Waals surface area (Å²) in [5.41, 5.74) is 2.00. The lowest BCUT2D eigenvalue weighted by Crippen LogP contribution is -2.55. The number of hydrogen-bond donors (Lipinski definition) is 1. The number of amides is 1. The Morgan fingerprint density at radius 1 is 1.23 bits per heavy atom. The molecule has 1 fully saturated rings. The average molecular weight is 351 g/mol. The van der Waals surface area contributed by atoms with E-state index in [-0.39, 0.29) is 5.91 Å². The number of pyridine rings is 1. The van der Waals surface area contributed by atoms with Crippen molar-refractivity contribution < 1.29 is 9.53 Å². The van der Waals surface area contributed by atoms with E-state index in [9.17, 15) is 4.79 Å². The highest BCUT2D eigenvalue weighted by atomic mass is 16.5. The van der Waals surface area contributed by atoms with E-state index in [1.165, 1.54) is 0 Å². The molecule has 2 heterocycles. The Kier molecular flexibility index (Phi) is 6.02. The maximum Gasteiger partial charge on any atom is 0.246 e. The van der Waals surface area contributed by atoms with Crippen molar-refractivity contribution in [3.8, 4) is 5.75 Å². The van der Waals surface area contributed by atoms with Crippen molar-refractivity contribution in [3.63, 3.8) is 0 Å². The van der Waals surface area contributed by atoms with E-state index in [0.29, 0.717) is 18.7 Å². The van der Waals surface area contributed by atoms with Crippen LogP contribution in [0.15, 0.2) is 54.9 Å². The summed E-state index contributed by atoms with van der Waals surface area (Å²) in [6, 6.07) is 12.2. The molecule has 5 nitrogen and oxygen atoms in total. The van der Waals surface area contributed by atoms with Crippen molar-refractivity contribution in [2.24, 2.45) is 0 Å².